The first kappa shape index (κ1) is 15.6. The zero-order chi connectivity index (χ0) is 15.2. The van der Waals surface area contributed by atoms with Crippen molar-refractivity contribution in [1.82, 2.24) is 5.32 Å². The van der Waals surface area contributed by atoms with E-state index in [2.05, 4.69) is 40.3 Å². The lowest BCUT2D eigenvalue weighted by atomic mass is 9.98. The van der Waals surface area contributed by atoms with Gasteiger partial charge in [0.15, 0.2) is 0 Å². The summed E-state index contributed by atoms with van der Waals surface area (Å²) in [5.41, 5.74) is 8.23. The van der Waals surface area contributed by atoms with E-state index in [0.29, 0.717) is 23.7 Å². The van der Waals surface area contributed by atoms with Gasteiger partial charge in [0.2, 0.25) is 0 Å². The average molecular weight is 347 g/mol. The van der Waals surface area contributed by atoms with Gasteiger partial charge in [-0.3, -0.25) is 4.79 Å². The van der Waals surface area contributed by atoms with Crippen LogP contribution in [0.3, 0.4) is 0 Å². The van der Waals surface area contributed by atoms with Crippen molar-refractivity contribution in [2.24, 2.45) is 0 Å². The summed E-state index contributed by atoms with van der Waals surface area (Å²) in [7, 11) is 0. The monoisotopic (exact) mass is 346 g/mol. The molecule has 0 aliphatic heterocycles. The lowest BCUT2D eigenvalue weighted by molar-refractivity contribution is 0.0952. The third kappa shape index (κ3) is 4.33. The van der Waals surface area contributed by atoms with E-state index in [4.69, 9.17) is 5.73 Å². The van der Waals surface area contributed by atoms with Gasteiger partial charge in [0, 0.05) is 22.3 Å². The zero-order valence-corrected chi connectivity index (χ0v) is 13.6. The van der Waals surface area contributed by atoms with Crippen molar-refractivity contribution < 1.29 is 4.79 Å². The molecule has 0 aliphatic rings. The number of nitrogens with one attached hydrogen (secondary N) is 1. The summed E-state index contributed by atoms with van der Waals surface area (Å²) in [5, 5.41) is 2.94. The number of amides is 1. The molecule has 3 N–H and O–H groups in total. The van der Waals surface area contributed by atoms with Gasteiger partial charge in [-0.2, -0.15) is 0 Å². The molecule has 0 radical (unpaired) electrons. The summed E-state index contributed by atoms with van der Waals surface area (Å²) in [5.74, 6) is 0.330. The van der Waals surface area contributed by atoms with Gasteiger partial charge >= 0.3 is 0 Å². The Morgan fingerprint density at radius 3 is 2.62 bits per heavy atom. The van der Waals surface area contributed by atoms with Crippen LogP contribution in [0.5, 0.6) is 0 Å². The highest BCUT2D eigenvalue weighted by Gasteiger charge is 2.09. The molecule has 0 bridgehead atoms. The fourth-order valence-corrected chi connectivity index (χ4v) is 2.38. The van der Waals surface area contributed by atoms with E-state index in [0.717, 1.165) is 10.9 Å². The van der Waals surface area contributed by atoms with Crippen LogP contribution >= 0.6 is 15.9 Å². The Morgan fingerprint density at radius 1 is 1.24 bits per heavy atom. The number of halogens is 1. The highest BCUT2D eigenvalue weighted by molar-refractivity contribution is 9.10. The Hall–Kier alpha value is -1.81. The van der Waals surface area contributed by atoms with Crippen molar-refractivity contribution in [2.45, 2.75) is 19.3 Å². The van der Waals surface area contributed by atoms with Crippen LogP contribution in [0.15, 0.2) is 53.0 Å². The summed E-state index contributed by atoms with van der Waals surface area (Å²) in [6.45, 7) is 2.81. The molecule has 1 unspecified atom stereocenters. The number of benzene rings is 2. The summed E-state index contributed by atoms with van der Waals surface area (Å²) in [6.07, 6.45) is 0.905. The van der Waals surface area contributed by atoms with Gasteiger partial charge in [0.1, 0.15) is 0 Å². The van der Waals surface area contributed by atoms with Crippen molar-refractivity contribution in [2.75, 3.05) is 12.3 Å². The van der Waals surface area contributed by atoms with Gasteiger partial charge in [0.25, 0.3) is 5.91 Å². The minimum Gasteiger partial charge on any atom is -0.398 e. The molecule has 2 rings (SSSR count). The standard InChI is InChI=1S/C17H19BrN2O/c1-12(13-5-3-2-4-6-13)9-10-20-17(21)14-7-8-15(18)16(19)11-14/h2-8,11-12H,9-10,19H2,1H3,(H,20,21). The van der Waals surface area contributed by atoms with E-state index in [1.54, 1.807) is 18.2 Å². The topological polar surface area (TPSA) is 55.1 Å². The molecule has 0 saturated heterocycles. The van der Waals surface area contributed by atoms with Crippen LogP contribution in [0.25, 0.3) is 0 Å². The number of nitrogen functional groups attached to an aromatic ring is 1. The lowest BCUT2D eigenvalue weighted by Gasteiger charge is -2.12. The van der Waals surface area contributed by atoms with E-state index in [-0.39, 0.29) is 5.91 Å². The number of hydrogen-bond donors (Lipinski definition) is 2. The highest BCUT2D eigenvalue weighted by Crippen LogP contribution is 2.20. The van der Waals surface area contributed by atoms with Crippen LogP contribution in [0, 0.1) is 0 Å². The molecular formula is C17H19BrN2O. The number of nitrogens with two attached hydrogens (primary N) is 1. The van der Waals surface area contributed by atoms with Crippen LogP contribution in [-0.4, -0.2) is 12.5 Å². The predicted molar refractivity (Wildman–Crippen MR) is 90.4 cm³/mol. The van der Waals surface area contributed by atoms with E-state index >= 15 is 0 Å². The van der Waals surface area contributed by atoms with Crippen LogP contribution in [-0.2, 0) is 0 Å². The van der Waals surface area contributed by atoms with Gasteiger partial charge in [0.05, 0.1) is 0 Å². The molecule has 0 aromatic heterocycles. The first-order chi connectivity index (χ1) is 10.1. The van der Waals surface area contributed by atoms with Gasteiger partial charge in [-0.1, -0.05) is 37.3 Å². The quantitative estimate of drug-likeness (QED) is 0.805. The number of carbonyl (C=O) groups excluding carboxylic acids is 1. The summed E-state index contributed by atoms with van der Waals surface area (Å²) in [6, 6.07) is 15.5. The fourth-order valence-electron chi connectivity index (χ4n) is 2.14. The second-order valence-electron chi connectivity index (χ2n) is 5.09. The second-order valence-corrected chi connectivity index (χ2v) is 5.95. The molecule has 1 atom stereocenters. The molecule has 2 aromatic rings. The summed E-state index contributed by atoms with van der Waals surface area (Å²) in [4.78, 5) is 12.0. The minimum absolute atomic E-state index is 0.0885. The van der Waals surface area contributed by atoms with Crippen LogP contribution in [0.4, 0.5) is 5.69 Å². The van der Waals surface area contributed by atoms with Gasteiger partial charge in [-0.15, -0.1) is 0 Å². The number of rotatable bonds is 5. The Bertz CT molecular complexity index is 613. The van der Waals surface area contributed by atoms with Crippen molar-refractivity contribution in [3.8, 4) is 0 Å². The largest absolute Gasteiger partial charge is 0.398 e. The van der Waals surface area contributed by atoms with E-state index < -0.39 is 0 Å². The molecule has 4 heteroatoms. The van der Waals surface area contributed by atoms with Crippen molar-refractivity contribution >= 4 is 27.5 Å². The van der Waals surface area contributed by atoms with Crippen LogP contribution in [0.1, 0.15) is 35.2 Å². The average Bonchev–Trinajstić information content (AvgIpc) is 2.50. The zero-order valence-electron chi connectivity index (χ0n) is 12.0. The third-order valence-electron chi connectivity index (χ3n) is 3.49. The minimum atomic E-state index is -0.0885. The van der Waals surface area contributed by atoms with Gasteiger partial charge < -0.3 is 11.1 Å². The highest BCUT2D eigenvalue weighted by atomic mass is 79.9. The van der Waals surface area contributed by atoms with E-state index in [1.165, 1.54) is 5.56 Å². The molecule has 0 fully saturated rings. The summed E-state index contributed by atoms with van der Waals surface area (Å²) < 4.78 is 0.803. The number of anilines is 1. The molecule has 2 aromatic carbocycles. The second kappa shape index (κ2) is 7.27. The molecule has 110 valence electrons. The molecule has 0 aliphatic carbocycles. The summed E-state index contributed by atoms with van der Waals surface area (Å²) >= 11 is 3.32. The van der Waals surface area contributed by atoms with Crippen LogP contribution in [0.2, 0.25) is 0 Å². The van der Waals surface area contributed by atoms with Crippen LogP contribution < -0.4 is 11.1 Å². The third-order valence-corrected chi connectivity index (χ3v) is 4.21. The first-order valence-corrected chi connectivity index (χ1v) is 7.75. The maximum absolute atomic E-state index is 12.0. The van der Waals surface area contributed by atoms with Crippen molar-refractivity contribution in [1.29, 1.82) is 0 Å². The van der Waals surface area contributed by atoms with Gasteiger partial charge in [-0.05, 0) is 52.0 Å². The Kier molecular flexibility index (Phi) is 5.39. The van der Waals surface area contributed by atoms with Crippen molar-refractivity contribution in [3.05, 3.63) is 64.1 Å². The molecule has 3 nitrogen and oxygen atoms in total. The number of hydrogen-bond acceptors (Lipinski definition) is 2. The Balaban J connectivity index is 1.85. The molecule has 0 heterocycles. The van der Waals surface area contributed by atoms with Crippen molar-refractivity contribution in [3.63, 3.8) is 0 Å². The lowest BCUT2D eigenvalue weighted by Crippen LogP contribution is -2.25. The first-order valence-electron chi connectivity index (χ1n) is 6.96. The normalized spacial score (nSPS) is 11.9. The van der Waals surface area contributed by atoms with Gasteiger partial charge in [-0.25, -0.2) is 0 Å². The molecular weight excluding hydrogens is 328 g/mol. The SMILES string of the molecule is CC(CCNC(=O)c1ccc(Br)c(N)c1)c1ccccc1. The Morgan fingerprint density at radius 2 is 1.95 bits per heavy atom. The predicted octanol–water partition coefficient (Wildman–Crippen LogP) is 3.95. The smallest absolute Gasteiger partial charge is 0.251 e. The van der Waals surface area contributed by atoms with E-state index in [1.807, 2.05) is 18.2 Å². The molecule has 21 heavy (non-hydrogen) atoms. The Labute approximate surface area is 133 Å². The number of carbonyl (C=O) groups is 1. The maximum Gasteiger partial charge on any atom is 0.251 e. The molecule has 1 amide bonds. The van der Waals surface area contributed by atoms with E-state index in [9.17, 15) is 4.79 Å². The maximum atomic E-state index is 12.0. The molecule has 0 spiro atoms. The molecule has 0 saturated carbocycles. The fraction of sp³-hybridized carbons (Fsp3) is 0.235.